The van der Waals surface area contributed by atoms with Crippen LogP contribution < -0.4 is 5.32 Å². The maximum Gasteiger partial charge on any atom is 0.245 e. The van der Waals surface area contributed by atoms with Crippen molar-refractivity contribution < 1.29 is 14.0 Å². The number of amides is 2. The summed E-state index contributed by atoms with van der Waals surface area (Å²) in [5.74, 6) is -0.849. The fourth-order valence-corrected chi connectivity index (χ4v) is 3.93. The average molecular weight is 478 g/mol. The summed E-state index contributed by atoms with van der Waals surface area (Å²) >= 11 is 2.02. The van der Waals surface area contributed by atoms with Gasteiger partial charge in [-0.2, -0.15) is 0 Å². The van der Waals surface area contributed by atoms with Gasteiger partial charge in [0, 0.05) is 16.7 Å². The highest BCUT2D eigenvalue weighted by Gasteiger charge is 2.43. The molecule has 0 unspecified atom stereocenters. The fourth-order valence-electron chi connectivity index (χ4n) is 3.47. The molecule has 0 saturated carbocycles. The van der Waals surface area contributed by atoms with Gasteiger partial charge >= 0.3 is 0 Å². The van der Waals surface area contributed by atoms with Crippen molar-refractivity contribution in [2.75, 3.05) is 18.4 Å². The molecule has 140 valence electrons. The van der Waals surface area contributed by atoms with Crippen molar-refractivity contribution in [3.05, 3.63) is 76.1 Å². The summed E-state index contributed by atoms with van der Waals surface area (Å²) in [4.78, 5) is 26.9. The third kappa shape index (κ3) is 4.05. The summed E-state index contributed by atoms with van der Waals surface area (Å²) in [7, 11) is 0. The van der Waals surface area contributed by atoms with E-state index in [1.807, 2.05) is 52.9 Å². The second-order valence-corrected chi connectivity index (χ2v) is 7.80. The number of halogens is 2. The Morgan fingerprint density at radius 3 is 2.41 bits per heavy atom. The molecule has 1 heterocycles. The Labute approximate surface area is 171 Å². The van der Waals surface area contributed by atoms with Crippen LogP contribution in [0, 0.1) is 9.39 Å². The van der Waals surface area contributed by atoms with Crippen LogP contribution in [-0.4, -0.2) is 29.8 Å². The number of hydrogen-bond donors (Lipinski definition) is 1. The first-order chi connectivity index (χ1) is 13.0. The van der Waals surface area contributed by atoms with Gasteiger partial charge in [-0.1, -0.05) is 36.9 Å². The number of rotatable bonds is 4. The Morgan fingerprint density at radius 2 is 1.81 bits per heavy atom. The molecule has 3 rings (SSSR count). The fraction of sp³-hybridized carbons (Fsp3) is 0.238. The molecule has 0 aliphatic carbocycles. The Morgan fingerprint density at radius 1 is 1.15 bits per heavy atom. The van der Waals surface area contributed by atoms with Gasteiger partial charge in [0.05, 0.1) is 11.1 Å². The highest BCUT2D eigenvalue weighted by Crippen LogP contribution is 2.37. The maximum absolute atomic E-state index is 14.2. The Hall–Kier alpha value is -2.22. The zero-order valence-electron chi connectivity index (χ0n) is 14.8. The van der Waals surface area contributed by atoms with Gasteiger partial charge in [0.25, 0.3) is 0 Å². The monoisotopic (exact) mass is 478 g/mol. The van der Waals surface area contributed by atoms with Crippen molar-refractivity contribution in [2.45, 2.75) is 18.3 Å². The van der Waals surface area contributed by atoms with Gasteiger partial charge in [0.1, 0.15) is 5.82 Å². The van der Waals surface area contributed by atoms with Gasteiger partial charge in [-0.3, -0.25) is 9.59 Å². The lowest BCUT2D eigenvalue weighted by atomic mass is 9.72. The van der Waals surface area contributed by atoms with Crippen LogP contribution in [0.5, 0.6) is 0 Å². The number of likely N-dealkylation sites (tertiary alicyclic amines) is 1. The molecule has 0 bridgehead atoms. The molecule has 0 aromatic heterocycles. The van der Waals surface area contributed by atoms with E-state index in [-0.39, 0.29) is 17.5 Å². The standard InChI is InChI=1S/C21H20FIN2O2/c1-2-19(26)25-12-10-21(11-13-25,15-6-4-3-5-7-15)20(27)24-18-9-8-16(23)14-17(18)22/h2-9,14H,1,10-13H2,(H,24,27). The first kappa shape index (κ1) is 19.5. The van der Waals surface area contributed by atoms with Crippen LogP contribution in [0.3, 0.4) is 0 Å². The van der Waals surface area contributed by atoms with Gasteiger partial charge in [-0.15, -0.1) is 0 Å². The van der Waals surface area contributed by atoms with Gasteiger partial charge < -0.3 is 10.2 Å². The van der Waals surface area contributed by atoms with Gasteiger partial charge in [0.15, 0.2) is 0 Å². The number of nitrogens with zero attached hydrogens (tertiary/aromatic N) is 1. The third-order valence-corrected chi connectivity index (χ3v) is 5.71. The highest BCUT2D eigenvalue weighted by atomic mass is 127. The van der Waals surface area contributed by atoms with Crippen LogP contribution in [0.1, 0.15) is 18.4 Å². The normalized spacial score (nSPS) is 15.9. The Balaban J connectivity index is 1.90. The van der Waals surface area contributed by atoms with E-state index in [1.54, 1.807) is 17.0 Å². The van der Waals surface area contributed by atoms with E-state index in [4.69, 9.17) is 0 Å². The van der Waals surface area contributed by atoms with Gasteiger partial charge in [-0.25, -0.2) is 4.39 Å². The van der Waals surface area contributed by atoms with E-state index >= 15 is 0 Å². The summed E-state index contributed by atoms with van der Waals surface area (Å²) in [6.45, 7) is 4.42. The summed E-state index contributed by atoms with van der Waals surface area (Å²) in [6.07, 6.45) is 2.22. The number of carbonyl (C=O) groups is 2. The molecule has 27 heavy (non-hydrogen) atoms. The second kappa shape index (κ2) is 8.21. The molecule has 1 N–H and O–H groups in total. The lowest BCUT2D eigenvalue weighted by Gasteiger charge is -2.40. The number of anilines is 1. The molecule has 2 aromatic rings. The number of hydrogen-bond acceptors (Lipinski definition) is 2. The van der Waals surface area contributed by atoms with Crippen molar-refractivity contribution in [1.29, 1.82) is 0 Å². The molecule has 6 heteroatoms. The summed E-state index contributed by atoms with van der Waals surface area (Å²) in [6, 6.07) is 14.2. The molecule has 0 spiro atoms. The van der Waals surface area contributed by atoms with E-state index in [0.29, 0.717) is 25.9 Å². The van der Waals surface area contributed by atoms with Gasteiger partial charge in [-0.05, 0) is 65.3 Å². The quantitative estimate of drug-likeness (QED) is 0.531. The lowest BCUT2D eigenvalue weighted by molar-refractivity contribution is -0.131. The zero-order chi connectivity index (χ0) is 19.4. The molecule has 0 radical (unpaired) electrons. The molecule has 1 aliphatic heterocycles. The summed E-state index contributed by atoms with van der Waals surface area (Å²) in [5.41, 5.74) is 0.230. The Kier molecular flexibility index (Phi) is 5.94. The molecule has 1 aliphatic rings. The minimum absolute atomic E-state index is 0.138. The molecule has 2 amide bonds. The summed E-state index contributed by atoms with van der Waals surface area (Å²) in [5, 5.41) is 2.76. The largest absolute Gasteiger partial charge is 0.339 e. The van der Waals surface area contributed by atoms with E-state index in [2.05, 4.69) is 11.9 Å². The van der Waals surface area contributed by atoms with E-state index in [0.717, 1.165) is 9.13 Å². The number of benzene rings is 2. The van der Waals surface area contributed by atoms with Gasteiger partial charge in [0.2, 0.25) is 11.8 Å². The van der Waals surface area contributed by atoms with Crippen LogP contribution in [0.25, 0.3) is 0 Å². The number of nitrogens with one attached hydrogen (secondary N) is 1. The van der Waals surface area contributed by atoms with Crippen molar-refractivity contribution >= 4 is 40.1 Å². The summed E-state index contributed by atoms with van der Waals surface area (Å²) < 4.78 is 15.0. The van der Waals surface area contributed by atoms with Crippen molar-refractivity contribution in [3.63, 3.8) is 0 Å². The van der Waals surface area contributed by atoms with Crippen LogP contribution in [0.15, 0.2) is 61.2 Å². The van der Waals surface area contributed by atoms with Crippen molar-refractivity contribution in [1.82, 2.24) is 4.90 Å². The van der Waals surface area contributed by atoms with Crippen LogP contribution in [-0.2, 0) is 15.0 Å². The lowest BCUT2D eigenvalue weighted by Crippen LogP contribution is -2.50. The molecule has 4 nitrogen and oxygen atoms in total. The van der Waals surface area contributed by atoms with E-state index in [9.17, 15) is 14.0 Å². The van der Waals surface area contributed by atoms with Crippen molar-refractivity contribution in [2.24, 2.45) is 0 Å². The number of carbonyl (C=O) groups excluding carboxylic acids is 2. The van der Waals surface area contributed by atoms with Crippen LogP contribution in [0.4, 0.5) is 10.1 Å². The third-order valence-electron chi connectivity index (χ3n) is 5.04. The zero-order valence-corrected chi connectivity index (χ0v) is 16.9. The first-order valence-corrected chi connectivity index (χ1v) is 9.77. The molecule has 1 saturated heterocycles. The van der Waals surface area contributed by atoms with Crippen LogP contribution >= 0.6 is 22.6 Å². The van der Waals surface area contributed by atoms with Crippen molar-refractivity contribution in [3.8, 4) is 0 Å². The SMILES string of the molecule is C=CC(=O)N1CCC(C(=O)Nc2ccc(I)cc2F)(c2ccccc2)CC1. The molecule has 0 atom stereocenters. The smallest absolute Gasteiger partial charge is 0.245 e. The molecular weight excluding hydrogens is 458 g/mol. The highest BCUT2D eigenvalue weighted by molar-refractivity contribution is 14.1. The average Bonchev–Trinajstić information content (AvgIpc) is 2.70. The number of piperidine rings is 1. The predicted octanol–water partition coefficient (Wildman–Crippen LogP) is 4.12. The topological polar surface area (TPSA) is 49.4 Å². The second-order valence-electron chi connectivity index (χ2n) is 6.56. The molecular formula is C21H20FIN2O2. The Bertz CT molecular complexity index is 862. The molecule has 2 aromatic carbocycles. The first-order valence-electron chi connectivity index (χ1n) is 8.70. The van der Waals surface area contributed by atoms with Crippen LogP contribution in [0.2, 0.25) is 0 Å². The maximum atomic E-state index is 14.2. The van der Waals surface area contributed by atoms with E-state index < -0.39 is 11.2 Å². The predicted molar refractivity (Wildman–Crippen MR) is 112 cm³/mol. The molecule has 1 fully saturated rings. The van der Waals surface area contributed by atoms with E-state index in [1.165, 1.54) is 12.1 Å². The minimum atomic E-state index is -0.811. The minimum Gasteiger partial charge on any atom is -0.339 e.